The van der Waals surface area contributed by atoms with Crippen LogP contribution in [0.15, 0.2) is 36.8 Å². The Bertz CT molecular complexity index is 1170. The molecular formula is C21H17F6N5O. The minimum atomic E-state index is -4.65. The number of amides is 1. The second-order valence-corrected chi connectivity index (χ2v) is 7.60. The second-order valence-electron chi connectivity index (χ2n) is 7.60. The lowest BCUT2D eigenvalue weighted by atomic mass is 10.0. The van der Waals surface area contributed by atoms with E-state index in [9.17, 15) is 31.1 Å². The van der Waals surface area contributed by atoms with Crippen molar-refractivity contribution in [3.63, 3.8) is 0 Å². The van der Waals surface area contributed by atoms with Crippen molar-refractivity contribution >= 4 is 5.91 Å². The molecule has 1 aliphatic carbocycles. The highest BCUT2D eigenvalue weighted by molar-refractivity contribution is 5.96. The van der Waals surface area contributed by atoms with Gasteiger partial charge in [-0.05, 0) is 25.0 Å². The van der Waals surface area contributed by atoms with Crippen molar-refractivity contribution in [2.24, 2.45) is 7.05 Å². The average Bonchev–Trinajstić information content (AvgIpc) is 3.56. The molecule has 0 spiro atoms. The lowest BCUT2D eigenvalue weighted by Gasteiger charge is -2.24. The molecule has 1 fully saturated rings. The largest absolute Gasteiger partial charge is 0.417 e. The van der Waals surface area contributed by atoms with Gasteiger partial charge in [0.05, 0.1) is 17.8 Å². The van der Waals surface area contributed by atoms with Crippen LogP contribution in [-0.4, -0.2) is 36.6 Å². The third-order valence-corrected chi connectivity index (χ3v) is 5.26. The molecule has 174 valence electrons. The zero-order valence-corrected chi connectivity index (χ0v) is 17.2. The van der Waals surface area contributed by atoms with Gasteiger partial charge in [-0.3, -0.25) is 14.8 Å². The van der Waals surface area contributed by atoms with Crippen LogP contribution >= 0.6 is 0 Å². The van der Waals surface area contributed by atoms with Gasteiger partial charge in [0.25, 0.3) is 12.3 Å². The maximum atomic E-state index is 14.5. The van der Waals surface area contributed by atoms with E-state index in [1.54, 1.807) is 0 Å². The van der Waals surface area contributed by atoms with Gasteiger partial charge >= 0.3 is 6.18 Å². The Labute approximate surface area is 183 Å². The number of aryl methyl sites for hydroxylation is 1. The molecule has 12 heteroatoms. The molecule has 3 aromatic rings. The molecule has 4 rings (SSSR count). The first-order chi connectivity index (χ1) is 15.6. The van der Waals surface area contributed by atoms with E-state index in [0.29, 0.717) is 29.3 Å². The Morgan fingerprint density at radius 1 is 1.27 bits per heavy atom. The van der Waals surface area contributed by atoms with Gasteiger partial charge in [0.15, 0.2) is 0 Å². The molecule has 3 heterocycles. The fourth-order valence-corrected chi connectivity index (χ4v) is 3.48. The average molecular weight is 469 g/mol. The number of aromatic nitrogens is 4. The second kappa shape index (κ2) is 8.49. The van der Waals surface area contributed by atoms with E-state index in [4.69, 9.17) is 0 Å². The van der Waals surface area contributed by atoms with E-state index in [0.717, 1.165) is 18.0 Å². The van der Waals surface area contributed by atoms with Crippen LogP contribution in [-0.2, 0) is 19.8 Å². The first-order valence-electron chi connectivity index (χ1n) is 9.86. The molecule has 1 amide bonds. The fourth-order valence-electron chi connectivity index (χ4n) is 3.48. The first kappa shape index (κ1) is 22.7. The summed E-state index contributed by atoms with van der Waals surface area (Å²) in [5, 5.41) is 3.40. The van der Waals surface area contributed by atoms with E-state index >= 15 is 0 Å². The predicted molar refractivity (Wildman–Crippen MR) is 103 cm³/mol. The first-order valence-corrected chi connectivity index (χ1v) is 9.86. The van der Waals surface area contributed by atoms with Crippen molar-refractivity contribution in [1.29, 1.82) is 0 Å². The predicted octanol–water partition coefficient (Wildman–Crippen LogP) is 4.78. The van der Waals surface area contributed by atoms with Crippen LogP contribution in [0.2, 0.25) is 0 Å². The SMILES string of the molecule is Cn1nc(C(F)F)c(C(=O)N(Cc2ncc(C(F)(F)F)cc2-c2cccnc2)C2CC2)c1F. The standard InChI is InChI=1S/C21H17F6N5O/c1-31-19(24)16(17(30-31)18(22)23)20(33)32(13-4-5-13)10-15-14(11-3-2-6-28-8-11)7-12(9-29-15)21(25,26)27/h2-3,6-9,13,18H,4-5,10H2,1H3. The molecule has 3 aromatic heterocycles. The summed E-state index contributed by atoms with van der Waals surface area (Å²) in [5.41, 5.74) is -2.33. The van der Waals surface area contributed by atoms with Crippen molar-refractivity contribution in [2.75, 3.05) is 0 Å². The molecule has 0 unspecified atom stereocenters. The molecule has 0 radical (unpaired) electrons. The zero-order valence-electron chi connectivity index (χ0n) is 17.2. The van der Waals surface area contributed by atoms with Crippen LogP contribution in [0.1, 0.15) is 46.6 Å². The smallest absolute Gasteiger partial charge is 0.330 e. The molecular weight excluding hydrogens is 452 g/mol. The molecule has 0 aromatic carbocycles. The summed E-state index contributed by atoms with van der Waals surface area (Å²) in [5.74, 6) is -2.23. The summed E-state index contributed by atoms with van der Waals surface area (Å²) in [6.45, 7) is -0.303. The lowest BCUT2D eigenvalue weighted by molar-refractivity contribution is -0.137. The Morgan fingerprint density at radius 2 is 2.00 bits per heavy atom. The molecule has 33 heavy (non-hydrogen) atoms. The van der Waals surface area contributed by atoms with Gasteiger partial charge in [-0.1, -0.05) is 6.07 Å². The van der Waals surface area contributed by atoms with Crippen LogP contribution in [0.5, 0.6) is 0 Å². The Kier molecular flexibility index (Phi) is 5.85. The Morgan fingerprint density at radius 3 is 2.58 bits per heavy atom. The highest BCUT2D eigenvalue weighted by Crippen LogP contribution is 2.36. The summed E-state index contributed by atoms with van der Waals surface area (Å²) >= 11 is 0. The number of alkyl halides is 5. The molecule has 0 atom stereocenters. The molecule has 6 nitrogen and oxygen atoms in total. The van der Waals surface area contributed by atoms with Gasteiger partial charge < -0.3 is 4.90 Å². The van der Waals surface area contributed by atoms with Gasteiger partial charge in [-0.25, -0.2) is 13.5 Å². The summed E-state index contributed by atoms with van der Waals surface area (Å²) in [6.07, 6.45) is -3.32. The van der Waals surface area contributed by atoms with Crippen molar-refractivity contribution in [2.45, 2.75) is 38.0 Å². The summed E-state index contributed by atoms with van der Waals surface area (Å²) in [6, 6.07) is 3.58. The van der Waals surface area contributed by atoms with Crippen molar-refractivity contribution < 1.29 is 31.1 Å². The Hall–Kier alpha value is -3.44. The van der Waals surface area contributed by atoms with Crippen LogP contribution in [0.25, 0.3) is 11.1 Å². The third-order valence-electron chi connectivity index (χ3n) is 5.26. The van der Waals surface area contributed by atoms with E-state index in [2.05, 4.69) is 15.1 Å². The number of pyridine rings is 2. The number of carbonyl (C=O) groups is 1. The molecule has 0 N–H and O–H groups in total. The van der Waals surface area contributed by atoms with Gasteiger partial charge in [-0.15, -0.1) is 0 Å². The van der Waals surface area contributed by atoms with Crippen molar-refractivity contribution in [1.82, 2.24) is 24.6 Å². The van der Waals surface area contributed by atoms with Crippen LogP contribution in [0.3, 0.4) is 0 Å². The van der Waals surface area contributed by atoms with Crippen molar-refractivity contribution in [3.8, 4) is 11.1 Å². The monoisotopic (exact) mass is 469 g/mol. The molecule has 1 saturated carbocycles. The summed E-state index contributed by atoms with van der Waals surface area (Å²) < 4.78 is 81.7. The van der Waals surface area contributed by atoms with Gasteiger partial charge in [0.2, 0.25) is 5.95 Å². The number of rotatable bonds is 6. The molecule has 0 bridgehead atoms. The molecule has 0 saturated heterocycles. The third kappa shape index (κ3) is 4.55. The topological polar surface area (TPSA) is 63.9 Å². The fraction of sp³-hybridized carbons (Fsp3) is 0.333. The van der Waals surface area contributed by atoms with E-state index in [-0.39, 0.29) is 23.8 Å². The molecule has 0 aliphatic heterocycles. The van der Waals surface area contributed by atoms with E-state index in [1.165, 1.54) is 24.5 Å². The number of halogens is 6. The lowest BCUT2D eigenvalue weighted by Crippen LogP contribution is -2.34. The molecule has 1 aliphatic rings. The Balaban J connectivity index is 1.76. The zero-order chi connectivity index (χ0) is 23.9. The minimum absolute atomic E-state index is 0.0807. The van der Waals surface area contributed by atoms with Crippen molar-refractivity contribution in [3.05, 3.63) is 65.3 Å². The number of carbonyl (C=O) groups excluding carboxylic acids is 1. The van der Waals surface area contributed by atoms with Gasteiger partial charge in [0, 0.05) is 42.8 Å². The number of hydrogen-bond acceptors (Lipinski definition) is 4. The number of hydrogen-bond donors (Lipinski definition) is 0. The quantitative estimate of drug-likeness (QED) is 0.488. The summed E-state index contributed by atoms with van der Waals surface area (Å²) in [4.78, 5) is 22.1. The maximum Gasteiger partial charge on any atom is 0.417 e. The van der Waals surface area contributed by atoms with E-state index < -0.39 is 41.3 Å². The van der Waals surface area contributed by atoms with Crippen LogP contribution < -0.4 is 0 Å². The summed E-state index contributed by atoms with van der Waals surface area (Å²) in [7, 11) is 1.09. The van der Waals surface area contributed by atoms with Crippen LogP contribution in [0, 0.1) is 5.95 Å². The van der Waals surface area contributed by atoms with Crippen LogP contribution in [0.4, 0.5) is 26.3 Å². The van der Waals surface area contributed by atoms with Gasteiger partial charge in [0.1, 0.15) is 11.3 Å². The normalized spacial score (nSPS) is 14.1. The highest BCUT2D eigenvalue weighted by Gasteiger charge is 2.39. The minimum Gasteiger partial charge on any atom is -0.330 e. The van der Waals surface area contributed by atoms with Gasteiger partial charge in [-0.2, -0.15) is 22.7 Å². The van der Waals surface area contributed by atoms with E-state index in [1.807, 2.05) is 0 Å². The number of nitrogens with zero attached hydrogens (tertiary/aromatic N) is 5. The highest BCUT2D eigenvalue weighted by atomic mass is 19.4. The maximum absolute atomic E-state index is 14.5.